The van der Waals surface area contributed by atoms with E-state index < -0.39 is 0 Å². The van der Waals surface area contributed by atoms with E-state index in [1.807, 2.05) is 18.2 Å². The van der Waals surface area contributed by atoms with Gasteiger partial charge in [0.25, 0.3) is 5.91 Å². The Balaban J connectivity index is 2.11. The van der Waals surface area contributed by atoms with Gasteiger partial charge >= 0.3 is 0 Å². The molecule has 1 aromatic carbocycles. The summed E-state index contributed by atoms with van der Waals surface area (Å²) in [6.07, 6.45) is 3.09. The van der Waals surface area contributed by atoms with E-state index in [0.29, 0.717) is 16.3 Å². The summed E-state index contributed by atoms with van der Waals surface area (Å²) < 4.78 is 0. The summed E-state index contributed by atoms with van der Waals surface area (Å²) in [5, 5.41) is 4.63. The first-order valence-corrected chi connectivity index (χ1v) is 6.06. The topological polar surface area (TPSA) is 54.4 Å². The van der Waals surface area contributed by atoms with Crippen molar-refractivity contribution in [1.82, 2.24) is 10.4 Å². The third-order valence-corrected chi connectivity index (χ3v) is 2.84. The average Bonchev–Trinajstić information content (AvgIpc) is 2.46. The molecule has 0 radical (unpaired) electrons. The summed E-state index contributed by atoms with van der Waals surface area (Å²) in [5.41, 5.74) is 4.36. The first-order valence-electron chi connectivity index (χ1n) is 5.68. The maximum atomic E-state index is 11.8. The highest BCUT2D eigenvalue weighted by molar-refractivity contribution is 6.34. The number of pyridine rings is 1. The lowest BCUT2D eigenvalue weighted by Crippen LogP contribution is -2.19. The van der Waals surface area contributed by atoms with Crippen molar-refractivity contribution < 1.29 is 4.79 Å². The van der Waals surface area contributed by atoms with E-state index >= 15 is 0 Å². The lowest BCUT2D eigenvalue weighted by atomic mass is 10.1. The van der Waals surface area contributed by atoms with E-state index in [9.17, 15) is 4.79 Å². The molecule has 19 heavy (non-hydrogen) atoms. The smallest absolute Gasteiger partial charge is 0.267 e. The van der Waals surface area contributed by atoms with Crippen molar-refractivity contribution >= 4 is 23.2 Å². The number of amides is 1. The van der Waals surface area contributed by atoms with Crippen LogP contribution in [0.5, 0.6) is 0 Å². The molecule has 0 aliphatic carbocycles. The van der Waals surface area contributed by atoms with Crippen LogP contribution < -0.4 is 5.43 Å². The molecule has 2 rings (SSSR count). The van der Waals surface area contributed by atoms with E-state index in [1.165, 1.54) is 6.20 Å². The maximum Gasteiger partial charge on any atom is 0.272 e. The van der Waals surface area contributed by atoms with Gasteiger partial charge in [-0.1, -0.05) is 29.8 Å². The second-order valence-corrected chi connectivity index (χ2v) is 4.27. The molecule has 0 spiro atoms. The molecule has 1 aromatic heterocycles. The lowest BCUT2D eigenvalue weighted by molar-refractivity contribution is 0.0954. The standard InChI is InChI=1S/C14H12ClN3O/c1-10(12-6-2-3-7-13(12)15)17-18-14(19)11-5-4-8-16-9-11/h2-9H,1H3,(H,18,19)/b17-10-. The largest absolute Gasteiger partial charge is 0.272 e. The Kier molecular flexibility index (Phi) is 4.26. The van der Waals surface area contributed by atoms with Crippen molar-refractivity contribution in [1.29, 1.82) is 0 Å². The van der Waals surface area contributed by atoms with Crippen LogP contribution in [0, 0.1) is 0 Å². The highest BCUT2D eigenvalue weighted by Crippen LogP contribution is 2.15. The number of aromatic nitrogens is 1. The van der Waals surface area contributed by atoms with Crippen molar-refractivity contribution in [2.24, 2.45) is 5.10 Å². The minimum Gasteiger partial charge on any atom is -0.267 e. The number of nitrogens with one attached hydrogen (secondary N) is 1. The molecule has 0 saturated heterocycles. The van der Waals surface area contributed by atoms with Crippen LogP contribution in [-0.2, 0) is 0 Å². The van der Waals surface area contributed by atoms with Gasteiger partial charge in [-0.2, -0.15) is 5.10 Å². The fraction of sp³-hybridized carbons (Fsp3) is 0.0714. The van der Waals surface area contributed by atoms with E-state index in [2.05, 4.69) is 15.5 Å². The van der Waals surface area contributed by atoms with Crippen LogP contribution in [0.3, 0.4) is 0 Å². The molecule has 1 amide bonds. The quantitative estimate of drug-likeness (QED) is 0.690. The minimum atomic E-state index is -0.306. The molecule has 0 aliphatic heterocycles. The monoisotopic (exact) mass is 273 g/mol. The second kappa shape index (κ2) is 6.11. The number of carbonyl (C=O) groups is 1. The van der Waals surface area contributed by atoms with Crippen LogP contribution in [0.1, 0.15) is 22.8 Å². The van der Waals surface area contributed by atoms with Gasteiger partial charge in [0.1, 0.15) is 0 Å². The molecule has 96 valence electrons. The molecule has 0 aliphatic rings. The van der Waals surface area contributed by atoms with Gasteiger partial charge in [-0.15, -0.1) is 0 Å². The fourth-order valence-electron chi connectivity index (χ4n) is 1.51. The van der Waals surface area contributed by atoms with Gasteiger partial charge < -0.3 is 0 Å². The average molecular weight is 274 g/mol. The van der Waals surface area contributed by atoms with Crippen LogP contribution in [0.4, 0.5) is 0 Å². The lowest BCUT2D eigenvalue weighted by Gasteiger charge is -2.04. The van der Waals surface area contributed by atoms with Crippen LogP contribution in [0.25, 0.3) is 0 Å². The minimum absolute atomic E-state index is 0.306. The van der Waals surface area contributed by atoms with Gasteiger partial charge in [0.2, 0.25) is 0 Å². The van der Waals surface area contributed by atoms with Gasteiger partial charge in [0, 0.05) is 23.0 Å². The van der Waals surface area contributed by atoms with E-state index in [-0.39, 0.29) is 5.91 Å². The molecule has 0 unspecified atom stereocenters. The SMILES string of the molecule is C/C(=N/NC(=O)c1cccnc1)c1ccccc1Cl. The van der Waals surface area contributed by atoms with Gasteiger partial charge in [-0.05, 0) is 25.1 Å². The highest BCUT2D eigenvalue weighted by atomic mass is 35.5. The van der Waals surface area contributed by atoms with Crippen molar-refractivity contribution in [2.75, 3.05) is 0 Å². The van der Waals surface area contributed by atoms with Crippen molar-refractivity contribution in [3.8, 4) is 0 Å². The first-order chi connectivity index (χ1) is 9.18. The van der Waals surface area contributed by atoms with Crippen LogP contribution in [0.2, 0.25) is 5.02 Å². The zero-order chi connectivity index (χ0) is 13.7. The number of rotatable bonds is 3. The summed E-state index contributed by atoms with van der Waals surface area (Å²) in [6, 6.07) is 10.7. The van der Waals surface area contributed by atoms with Crippen molar-refractivity contribution in [3.05, 3.63) is 64.9 Å². The zero-order valence-corrected chi connectivity index (χ0v) is 11.1. The Hall–Kier alpha value is -2.20. The van der Waals surface area contributed by atoms with Crippen LogP contribution in [-0.4, -0.2) is 16.6 Å². The molecule has 1 heterocycles. The molecule has 1 N–H and O–H groups in total. The normalized spacial score (nSPS) is 11.2. The second-order valence-electron chi connectivity index (χ2n) is 3.86. The third-order valence-electron chi connectivity index (χ3n) is 2.51. The molecular formula is C14H12ClN3O. The Morgan fingerprint density at radius 2 is 2.05 bits per heavy atom. The number of carbonyl (C=O) groups excluding carboxylic acids is 1. The number of nitrogens with zero attached hydrogens (tertiary/aromatic N) is 2. The number of hydrazone groups is 1. The third kappa shape index (κ3) is 3.39. The van der Waals surface area contributed by atoms with E-state index in [0.717, 1.165) is 5.56 Å². The highest BCUT2D eigenvalue weighted by Gasteiger charge is 2.05. The molecule has 2 aromatic rings. The summed E-state index contributed by atoms with van der Waals surface area (Å²) in [6.45, 7) is 1.78. The summed E-state index contributed by atoms with van der Waals surface area (Å²) >= 11 is 6.05. The van der Waals surface area contributed by atoms with Gasteiger partial charge in [-0.3, -0.25) is 9.78 Å². The van der Waals surface area contributed by atoms with Gasteiger partial charge in [0.05, 0.1) is 11.3 Å². The zero-order valence-electron chi connectivity index (χ0n) is 10.3. The Morgan fingerprint density at radius 1 is 1.26 bits per heavy atom. The molecule has 0 atom stereocenters. The van der Waals surface area contributed by atoms with Crippen LogP contribution >= 0.6 is 11.6 Å². The maximum absolute atomic E-state index is 11.8. The Morgan fingerprint density at radius 3 is 2.74 bits per heavy atom. The molecule has 0 saturated carbocycles. The number of benzene rings is 1. The molecule has 4 nitrogen and oxygen atoms in total. The predicted molar refractivity (Wildman–Crippen MR) is 75.4 cm³/mol. The van der Waals surface area contributed by atoms with Gasteiger partial charge in [-0.25, -0.2) is 5.43 Å². The molecule has 0 bridgehead atoms. The Bertz CT molecular complexity index is 611. The number of halogens is 1. The molecule has 5 heteroatoms. The molecule has 0 fully saturated rings. The first kappa shape index (κ1) is 13.2. The summed E-state index contributed by atoms with van der Waals surface area (Å²) in [4.78, 5) is 15.6. The van der Waals surface area contributed by atoms with E-state index in [4.69, 9.17) is 11.6 Å². The van der Waals surface area contributed by atoms with E-state index in [1.54, 1.807) is 31.3 Å². The summed E-state index contributed by atoms with van der Waals surface area (Å²) in [7, 11) is 0. The number of hydrogen-bond donors (Lipinski definition) is 1. The van der Waals surface area contributed by atoms with Crippen molar-refractivity contribution in [2.45, 2.75) is 6.92 Å². The predicted octanol–water partition coefficient (Wildman–Crippen LogP) is 2.89. The summed E-state index contributed by atoms with van der Waals surface area (Å²) in [5.74, 6) is -0.306. The molecular weight excluding hydrogens is 262 g/mol. The van der Waals surface area contributed by atoms with Gasteiger partial charge in [0.15, 0.2) is 0 Å². The fourth-order valence-corrected chi connectivity index (χ4v) is 1.78. The van der Waals surface area contributed by atoms with Crippen molar-refractivity contribution in [3.63, 3.8) is 0 Å². The Labute approximate surface area is 116 Å². The van der Waals surface area contributed by atoms with Crippen LogP contribution in [0.15, 0.2) is 53.9 Å². The number of hydrogen-bond acceptors (Lipinski definition) is 3.